The van der Waals surface area contributed by atoms with Gasteiger partial charge in [0, 0.05) is 6.92 Å². The Labute approximate surface area is 223 Å². The molecular formula is C31H36O7. The van der Waals surface area contributed by atoms with Gasteiger partial charge in [-0.3, -0.25) is 4.79 Å². The molecule has 0 amide bonds. The maximum atomic E-state index is 13.4. The molecule has 1 heterocycles. The normalized spacial score (nSPS) is 35.0. The zero-order valence-electron chi connectivity index (χ0n) is 22.6. The zero-order valence-corrected chi connectivity index (χ0v) is 22.6. The zero-order chi connectivity index (χ0) is 27.3. The number of hydrogen-bond donors (Lipinski definition) is 0. The third-order valence-corrected chi connectivity index (χ3v) is 9.19. The Bertz CT molecular complexity index is 1210. The van der Waals surface area contributed by atoms with E-state index in [1.54, 1.807) is 48.5 Å². The van der Waals surface area contributed by atoms with E-state index in [9.17, 15) is 14.4 Å². The van der Waals surface area contributed by atoms with Crippen molar-refractivity contribution in [3.63, 3.8) is 0 Å². The van der Waals surface area contributed by atoms with E-state index in [1.807, 2.05) is 19.1 Å². The molecule has 2 aromatic rings. The van der Waals surface area contributed by atoms with Crippen molar-refractivity contribution in [3.8, 4) is 0 Å². The van der Waals surface area contributed by atoms with Gasteiger partial charge in [-0.05, 0) is 76.1 Å². The van der Waals surface area contributed by atoms with Gasteiger partial charge in [0.1, 0.15) is 12.2 Å². The van der Waals surface area contributed by atoms with Crippen molar-refractivity contribution >= 4 is 17.9 Å². The van der Waals surface area contributed by atoms with Gasteiger partial charge < -0.3 is 18.9 Å². The van der Waals surface area contributed by atoms with Gasteiger partial charge in [-0.25, -0.2) is 9.59 Å². The van der Waals surface area contributed by atoms with E-state index in [-0.39, 0.29) is 11.8 Å². The average molecular weight is 521 g/mol. The predicted molar refractivity (Wildman–Crippen MR) is 139 cm³/mol. The quantitative estimate of drug-likeness (QED) is 0.387. The van der Waals surface area contributed by atoms with Crippen LogP contribution in [0.4, 0.5) is 0 Å². The minimum Gasteiger partial charge on any atom is -0.459 e. The first-order valence-corrected chi connectivity index (χ1v) is 13.4. The van der Waals surface area contributed by atoms with Crippen molar-refractivity contribution in [3.05, 3.63) is 71.8 Å². The van der Waals surface area contributed by atoms with Crippen LogP contribution < -0.4 is 0 Å². The molecule has 1 aliphatic heterocycles. The average Bonchev–Trinajstić information content (AvgIpc) is 3.13. The molecule has 7 heteroatoms. The predicted octanol–water partition coefficient (Wildman–Crippen LogP) is 5.37. The fraction of sp³-hybridized carbons (Fsp3) is 0.516. The van der Waals surface area contributed by atoms with Gasteiger partial charge in [0.15, 0.2) is 6.10 Å². The molecule has 0 N–H and O–H groups in total. The molecule has 1 saturated heterocycles. The molecule has 1 spiro atoms. The van der Waals surface area contributed by atoms with Crippen molar-refractivity contribution in [2.24, 2.45) is 17.3 Å². The van der Waals surface area contributed by atoms with E-state index < -0.39 is 52.8 Å². The molecule has 2 aliphatic carbocycles. The fourth-order valence-corrected chi connectivity index (χ4v) is 7.21. The summed E-state index contributed by atoms with van der Waals surface area (Å²) in [6, 6.07) is 17.6. The number of esters is 3. The molecule has 3 aliphatic rings. The maximum Gasteiger partial charge on any atom is 0.338 e. The van der Waals surface area contributed by atoms with Crippen LogP contribution in [0.1, 0.15) is 74.6 Å². The highest BCUT2D eigenvalue weighted by Gasteiger charge is 2.75. The highest BCUT2D eigenvalue weighted by Crippen LogP contribution is 2.67. The van der Waals surface area contributed by atoms with Gasteiger partial charge in [-0.15, -0.1) is 0 Å². The van der Waals surface area contributed by atoms with Crippen molar-refractivity contribution < 1.29 is 33.3 Å². The molecule has 38 heavy (non-hydrogen) atoms. The monoisotopic (exact) mass is 520 g/mol. The van der Waals surface area contributed by atoms with Crippen LogP contribution in [0, 0.1) is 17.3 Å². The first-order valence-electron chi connectivity index (χ1n) is 13.4. The first-order chi connectivity index (χ1) is 18.0. The van der Waals surface area contributed by atoms with E-state index in [0.29, 0.717) is 24.0 Å². The molecule has 2 saturated carbocycles. The van der Waals surface area contributed by atoms with Crippen LogP contribution in [0.5, 0.6) is 0 Å². The molecule has 2 bridgehead atoms. The largest absolute Gasteiger partial charge is 0.459 e. The maximum absolute atomic E-state index is 13.4. The number of hydrogen-bond acceptors (Lipinski definition) is 7. The third-order valence-electron chi connectivity index (χ3n) is 9.19. The summed E-state index contributed by atoms with van der Waals surface area (Å²) in [5.74, 6) is -1.33. The SMILES string of the molecule is CC(=O)O[C@@H]1C[C@@H](C)[C@@]23C[C@@H](C[C@H](OC(=O)c4ccccc4)[C@]2(C)[C@H]1OC(=O)c1ccccc1)C(C)(C)O3. The Balaban J connectivity index is 1.60. The van der Waals surface area contributed by atoms with E-state index in [1.165, 1.54) is 6.92 Å². The Hall–Kier alpha value is -3.19. The third kappa shape index (κ3) is 4.21. The molecule has 7 nitrogen and oxygen atoms in total. The molecule has 0 unspecified atom stereocenters. The molecule has 3 fully saturated rings. The highest BCUT2D eigenvalue weighted by molar-refractivity contribution is 5.90. The minimum atomic E-state index is -0.982. The van der Waals surface area contributed by atoms with Gasteiger partial charge >= 0.3 is 17.9 Å². The van der Waals surface area contributed by atoms with E-state index in [2.05, 4.69) is 20.8 Å². The number of ether oxygens (including phenoxy) is 4. The summed E-state index contributed by atoms with van der Waals surface area (Å²) in [4.78, 5) is 39.0. The summed E-state index contributed by atoms with van der Waals surface area (Å²) < 4.78 is 25.3. The fourth-order valence-electron chi connectivity index (χ4n) is 7.21. The lowest BCUT2D eigenvalue weighted by Crippen LogP contribution is -2.71. The second kappa shape index (κ2) is 9.53. The Kier molecular flexibility index (Phi) is 6.62. The smallest absolute Gasteiger partial charge is 0.338 e. The van der Waals surface area contributed by atoms with E-state index in [0.717, 1.165) is 6.42 Å². The second-order valence-electron chi connectivity index (χ2n) is 11.8. The van der Waals surface area contributed by atoms with Crippen LogP contribution in [0.3, 0.4) is 0 Å². The Morgan fingerprint density at radius 2 is 1.37 bits per heavy atom. The lowest BCUT2D eigenvalue weighted by molar-refractivity contribution is -0.277. The van der Waals surface area contributed by atoms with Crippen LogP contribution in [0.2, 0.25) is 0 Å². The van der Waals surface area contributed by atoms with Gasteiger partial charge in [0.2, 0.25) is 0 Å². The number of benzene rings is 2. The topological polar surface area (TPSA) is 88.1 Å². The Morgan fingerprint density at radius 1 is 0.816 bits per heavy atom. The summed E-state index contributed by atoms with van der Waals surface area (Å²) in [5.41, 5.74) is -1.36. The number of carbonyl (C=O) groups excluding carboxylic acids is 3. The summed E-state index contributed by atoms with van der Waals surface area (Å²) in [6.45, 7) is 9.56. The number of fused-ring (bicyclic) bond motifs is 1. The second-order valence-corrected chi connectivity index (χ2v) is 11.8. The van der Waals surface area contributed by atoms with Crippen LogP contribution in [-0.4, -0.2) is 47.4 Å². The summed E-state index contributed by atoms with van der Waals surface area (Å²) in [7, 11) is 0. The van der Waals surface area contributed by atoms with Gasteiger partial charge in [-0.1, -0.05) is 43.3 Å². The molecule has 2 aromatic carbocycles. The summed E-state index contributed by atoms with van der Waals surface area (Å²) in [5, 5.41) is 0. The van der Waals surface area contributed by atoms with Gasteiger partial charge in [0.05, 0.1) is 27.7 Å². The van der Waals surface area contributed by atoms with E-state index >= 15 is 0 Å². The molecule has 202 valence electrons. The van der Waals surface area contributed by atoms with Crippen LogP contribution >= 0.6 is 0 Å². The lowest BCUT2D eigenvalue weighted by atomic mass is 9.49. The first kappa shape index (κ1) is 26.4. The number of rotatable bonds is 5. The number of carbonyl (C=O) groups is 3. The molecular weight excluding hydrogens is 484 g/mol. The molecule has 0 radical (unpaired) electrons. The minimum absolute atomic E-state index is 0.0500. The van der Waals surface area contributed by atoms with Crippen molar-refractivity contribution in [1.82, 2.24) is 0 Å². The lowest BCUT2D eigenvalue weighted by Gasteiger charge is -2.61. The van der Waals surface area contributed by atoms with Crippen LogP contribution in [-0.2, 0) is 23.7 Å². The summed E-state index contributed by atoms with van der Waals surface area (Å²) >= 11 is 0. The van der Waals surface area contributed by atoms with Crippen LogP contribution in [0.15, 0.2) is 60.7 Å². The molecule has 5 rings (SSSR count). The van der Waals surface area contributed by atoms with Crippen LogP contribution in [0.25, 0.3) is 0 Å². The van der Waals surface area contributed by atoms with Crippen molar-refractivity contribution in [2.75, 3.05) is 0 Å². The molecule has 7 atom stereocenters. The van der Waals surface area contributed by atoms with Gasteiger partial charge in [-0.2, -0.15) is 0 Å². The van der Waals surface area contributed by atoms with Gasteiger partial charge in [0.25, 0.3) is 0 Å². The summed E-state index contributed by atoms with van der Waals surface area (Å²) in [6.07, 6.45) is -0.493. The molecule has 0 aromatic heterocycles. The Morgan fingerprint density at radius 3 is 1.92 bits per heavy atom. The standard InChI is InChI=1S/C31H36O7/c1-19-16-24(35-20(2)32)26(37-28(34)22-14-10-7-11-15-22)30(5)25(36-27(33)21-12-8-6-9-13-21)17-23-18-31(19,30)38-29(23,3)4/h6-15,19,23-26H,16-18H2,1-5H3/t19-,23-,24-,25+,26+,30-,31+/m1/s1. The van der Waals surface area contributed by atoms with Crippen molar-refractivity contribution in [2.45, 2.75) is 83.4 Å². The van der Waals surface area contributed by atoms with E-state index in [4.69, 9.17) is 18.9 Å². The highest BCUT2D eigenvalue weighted by atomic mass is 16.6. The van der Waals surface area contributed by atoms with Crippen molar-refractivity contribution in [1.29, 1.82) is 0 Å².